The zero-order chi connectivity index (χ0) is 32.6. The van der Waals surface area contributed by atoms with Gasteiger partial charge in [-0.15, -0.1) is 0 Å². The summed E-state index contributed by atoms with van der Waals surface area (Å²) >= 11 is 0. The molecule has 0 aromatic carbocycles. The van der Waals surface area contributed by atoms with Gasteiger partial charge in [-0.2, -0.15) is 18.3 Å². The van der Waals surface area contributed by atoms with Crippen molar-refractivity contribution in [3.8, 4) is 0 Å². The maximum absolute atomic E-state index is 14.1. The number of nitrogens with zero attached hydrogens (tertiary/aromatic N) is 5. The van der Waals surface area contributed by atoms with Gasteiger partial charge in [-0.25, -0.2) is 23.3 Å². The molecule has 2 N–H and O–H groups in total. The van der Waals surface area contributed by atoms with E-state index in [1.54, 1.807) is 6.20 Å². The molecule has 3 atom stereocenters. The van der Waals surface area contributed by atoms with E-state index in [2.05, 4.69) is 15.8 Å². The van der Waals surface area contributed by atoms with Gasteiger partial charge in [-0.1, -0.05) is 12.1 Å². The van der Waals surface area contributed by atoms with E-state index in [0.29, 0.717) is 55.3 Å². The number of amides is 2. The number of hydrogen-bond acceptors (Lipinski definition) is 8. The van der Waals surface area contributed by atoms with Gasteiger partial charge in [0.2, 0.25) is 11.8 Å². The van der Waals surface area contributed by atoms with Crippen LogP contribution in [0.5, 0.6) is 0 Å². The van der Waals surface area contributed by atoms with Crippen LogP contribution in [0.3, 0.4) is 0 Å². The van der Waals surface area contributed by atoms with Crippen molar-refractivity contribution >= 4 is 17.6 Å². The lowest BCUT2D eigenvalue weighted by atomic mass is 9.81. The molecule has 0 radical (unpaired) electrons. The third-order valence-electron chi connectivity index (χ3n) is 9.47. The summed E-state index contributed by atoms with van der Waals surface area (Å²) in [6.07, 6.45) is -0.757. The van der Waals surface area contributed by atoms with E-state index in [1.165, 1.54) is 10.8 Å². The Morgan fingerprint density at radius 3 is 2.59 bits per heavy atom. The lowest BCUT2D eigenvalue weighted by Gasteiger charge is -2.33. The van der Waals surface area contributed by atoms with Crippen LogP contribution in [0.2, 0.25) is 0 Å². The van der Waals surface area contributed by atoms with Crippen LogP contribution in [0.15, 0.2) is 17.0 Å². The number of ether oxygens (including phenoxy) is 1. The van der Waals surface area contributed by atoms with Gasteiger partial charge < -0.3 is 19.9 Å². The van der Waals surface area contributed by atoms with E-state index in [0.717, 1.165) is 0 Å². The molecule has 46 heavy (non-hydrogen) atoms. The predicted molar refractivity (Wildman–Crippen MR) is 151 cm³/mol. The first-order valence-electron chi connectivity index (χ1n) is 15.7. The molecule has 16 heteroatoms. The Labute approximate surface area is 261 Å². The van der Waals surface area contributed by atoms with Crippen LogP contribution in [0.1, 0.15) is 97.0 Å². The van der Waals surface area contributed by atoms with Crippen LogP contribution in [0.4, 0.5) is 22.0 Å². The van der Waals surface area contributed by atoms with Gasteiger partial charge >= 0.3 is 6.18 Å². The largest absolute Gasteiger partial charge is 0.393 e. The number of halogens is 5. The number of rotatable bonds is 8. The summed E-state index contributed by atoms with van der Waals surface area (Å²) in [4.78, 5) is 35.6. The molecule has 11 nitrogen and oxygen atoms in total. The van der Waals surface area contributed by atoms with Crippen LogP contribution >= 0.6 is 0 Å². The second-order valence-corrected chi connectivity index (χ2v) is 12.5. The second-order valence-electron chi connectivity index (χ2n) is 12.5. The minimum Gasteiger partial charge on any atom is -0.381 e. The van der Waals surface area contributed by atoms with Crippen molar-refractivity contribution in [3.05, 3.63) is 40.8 Å². The monoisotopic (exact) mass is 653 g/mol. The fourth-order valence-electron chi connectivity index (χ4n) is 6.78. The van der Waals surface area contributed by atoms with E-state index in [4.69, 9.17) is 24.3 Å². The molecule has 1 saturated carbocycles. The fourth-order valence-corrected chi connectivity index (χ4v) is 6.78. The molecule has 3 aromatic heterocycles. The number of nitrogens with one attached hydrogen (secondary N) is 2. The quantitative estimate of drug-likeness (QED) is 0.334. The highest BCUT2D eigenvalue weighted by Gasteiger charge is 2.45. The number of alkyl halides is 5. The number of hydrogen-bond donors (Lipinski definition) is 2. The normalized spacial score (nSPS) is 23.7. The van der Waals surface area contributed by atoms with E-state index in [-0.39, 0.29) is 61.7 Å². The van der Waals surface area contributed by atoms with Gasteiger partial charge in [0, 0.05) is 50.9 Å². The van der Waals surface area contributed by atoms with Crippen LogP contribution in [-0.4, -0.2) is 68.4 Å². The van der Waals surface area contributed by atoms with Crippen molar-refractivity contribution in [2.24, 2.45) is 17.8 Å². The van der Waals surface area contributed by atoms with Gasteiger partial charge in [-0.3, -0.25) is 9.59 Å². The van der Waals surface area contributed by atoms with E-state index in [9.17, 15) is 31.5 Å². The molecule has 0 bridgehead atoms. The highest BCUT2D eigenvalue weighted by Crippen LogP contribution is 2.42. The van der Waals surface area contributed by atoms with Crippen molar-refractivity contribution < 1.29 is 40.8 Å². The number of imidazole rings is 1. The van der Waals surface area contributed by atoms with Crippen molar-refractivity contribution in [2.45, 2.75) is 88.8 Å². The standard InChI is InChI=1S/C30H36F5N7O4/c1-2-21-20(15-46-41-21)27(44)38-25(16-3-7-29(31,32)8-4-16)23-14-42-28(37-23)39-24(17-5-9-45-10-6-17)22(40-42)12-18-11-19(30(33,34)35)13-36-26(18)43/h14-19,25H,2-13H2,1H3,(H,36,43)(H,38,44)/t18-,19-,25+/m1/s1. The van der Waals surface area contributed by atoms with Crippen molar-refractivity contribution in [3.63, 3.8) is 0 Å². The Morgan fingerprint density at radius 1 is 1.15 bits per heavy atom. The van der Waals surface area contributed by atoms with Gasteiger partial charge in [0.25, 0.3) is 11.7 Å². The summed E-state index contributed by atoms with van der Waals surface area (Å²) in [5.41, 5.74) is 1.99. The first kappa shape index (κ1) is 32.3. The molecule has 5 heterocycles. The zero-order valence-electron chi connectivity index (χ0n) is 25.3. The topological polar surface area (TPSA) is 137 Å². The molecule has 3 aliphatic rings. The van der Waals surface area contributed by atoms with E-state index < -0.39 is 48.3 Å². The first-order chi connectivity index (χ1) is 21.9. The molecule has 6 rings (SSSR count). The van der Waals surface area contributed by atoms with Crippen LogP contribution in [-0.2, 0) is 22.4 Å². The molecular weight excluding hydrogens is 617 g/mol. The summed E-state index contributed by atoms with van der Waals surface area (Å²) in [7, 11) is 0. The summed E-state index contributed by atoms with van der Waals surface area (Å²) in [6.45, 7) is 2.30. The molecule has 2 aliphatic heterocycles. The minimum atomic E-state index is -4.45. The molecule has 0 spiro atoms. The molecule has 0 unspecified atom stereocenters. The van der Waals surface area contributed by atoms with Crippen LogP contribution < -0.4 is 10.6 Å². The lowest BCUT2D eigenvalue weighted by Crippen LogP contribution is -2.47. The van der Waals surface area contributed by atoms with Gasteiger partial charge in [0.1, 0.15) is 11.8 Å². The van der Waals surface area contributed by atoms with Gasteiger partial charge in [0.05, 0.1) is 40.9 Å². The third kappa shape index (κ3) is 6.86. The van der Waals surface area contributed by atoms with E-state index in [1.807, 2.05) is 6.92 Å². The summed E-state index contributed by atoms with van der Waals surface area (Å²) in [5.74, 6) is -6.64. The second kappa shape index (κ2) is 12.8. The van der Waals surface area contributed by atoms with Crippen molar-refractivity contribution in [1.82, 2.24) is 35.4 Å². The highest BCUT2D eigenvalue weighted by molar-refractivity contribution is 5.95. The van der Waals surface area contributed by atoms with Gasteiger partial charge in [-0.05, 0) is 44.4 Å². The Bertz CT molecular complexity index is 1560. The Morgan fingerprint density at radius 2 is 1.89 bits per heavy atom. The molecule has 2 amide bonds. The van der Waals surface area contributed by atoms with Crippen LogP contribution in [0.25, 0.3) is 5.78 Å². The molecule has 2 saturated heterocycles. The van der Waals surface area contributed by atoms with Crippen LogP contribution in [0, 0.1) is 17.8 Å². The Kier molecular flexibility index (Phi) is 9.00. The summed E-state index contributed by atoms with van der Waals surface area (Å²) in [5, 5.41) is 13.9. The molecule has 3 aromatic rings. The summed E-state index contributed by atoms with van der Waals surface area (Å²) in [6, 6.07) is -0.765. The van der Waals surface area contributed by atoms with E-state index >= 15 is 0 Å². The Hall–Kier alpha value is -3.69. The van der Waals surface area contributed by atoms with Gasteiger partial charge in [0.15, 0.2) is 0 Å². The lowest BCUT2D eigenvalue weighted by molar-refractivity contribution is -0.183. The molecule has 3 fully saturated rings. The number of aryl methyl sites for hydroxylation is 1. The molecule has 1 aliphatic carbocycles. The maximum Gasteiger partial charge on any atom is 0.393 e. The predicted octanol–water partition coefficient (Wildman–Crippen LogP) is 4.72. The Balaban J connectivity index is 1.35. The first-order valence-corrected chi connectivity index (χ1v) is 15.7. The zero-order valence-corrected chi connectivity index (χ0v) is 25.3. The SMILES string of the molecule is CCc1nocc1C(=O)N[C@H](c1cn2nc(C[C@H]3C[C@@H](C(F)(F)F)CNC3=O)c(C3CCOCC3)nc2n1)C1CCC(F)(F)CC1. The number of fused-ring (bicyclic) bond motifs is 1. The van der Waals surface area contributed by atoms with Crippen molar-refractivity contribution in [1.29, 1.82) is 0 Å². The molecule has 250 valence electrons. The number of aromatic nitrogens is 5. The summed E-state index contributed by atoms with van der Waals surface area (Å²) < 4.78 is 80.8. The average Bonchev–Trinajstić information content (AvgIpc) is 3.67. The fraction of sp³-hybridized carbons (Fsp3) is 0.667. The molecular formula is C30H36F5N7O4. The maximum atomic E-state index is 14.1. The minimum absolute atomic E-state index is 0.0489. The average molecular weight is 654 g/mol. The highest BCUT2D eigenvalue weighted by atomic mass is 19.4. The number of carbonyl (C=O) groups is 2. The third-order valence-corrected chi connectivity index (χ3v) is 9.47. The number of piperidine rings is 1. The number of carbonyl (C=O) groups excluding carboxylic acids is 2. The smallest absolute Gasteiger partial charge is 0.381 e. The van der Waals surface area contributed by atoms with Crippen molar-refractivity contribution in [2.75, 3.05) is 19.8 Å².